The third kappa shape index (κ3) is 6.12. The predicted molar refractivity (Wildman–Crippen MR) is 101 cm³/mol. The standard InChI is InChI=1S/C18H32N4O2.ClH/c23-17(22-13-6-19-7-14-22)5-12-20-10-3-16(4-11-20)15-18(24)21-8-1-2-9-21;/h16,19H,1-15H2;1H. The van der Waals surface area contributed by atoms with Crippen LogP contribution in [0.1, 0.15) is 38.5 Å². The molecule has 1 N–H and O–H groups in total. The van der Waals surface area contributed by atoms with Gasteiger partial charge in [-0.1, -0.05) is 0 Å². The molecule has 144 valence electrons. The van der Waals surface area contributed by atoms with Gasteiger partial charge in [0.05, 0.1) is 0 Å². The van der Waals surface area contributed by atoms with E-state index in [1.807, 2.05) is 9.80 Å². The Kier molecular flexibility index (Phi) is 8.46. The molecule has 3 saturated heterocycles. The lowest BCUT2D eigenvalue weighted by Gasteiger charge is -2.33. The van der Waals surface area contributed by atoms with Gasteiger partial charge in [0, 0.05) is 58.7 Å². The molecular weight excluding hydrogens is 340 g/mol. The highest BCUT2D eigenvalue weighted by atomic mass is 35.5. The van der Waals surface area contributed by atoms with Crippen molar-refractivity contribution in [3.63, 3.8) is 0 Å². The van der Waals surface area contributed by atoms with E-state index in [1.54, 1.807) is 0 Å². The van der Waals surface area contributed by atoms with E-state index < -0.39 is 0 Å². The van der Waals surface area contributed by atoms with Gasteiger partial charge in [-0.15, -0.1) is 12.4 Å². The van der Waals surface area contributed by atoms with Gasteiger partial charge in [0.25, 0.3) is 0 Å². The van der Waals surface area contributed by atoms with E-state index in [0.717, 1.165) is 78.2 Å². The molecule has 2 amide bonds. The van der Waals surface area contributed by atoms with E-state index in [4.69, 9.17) is 0 Å². The number of carbonyl (C=O) groups is 2. The summed E-state index contributed by atoms with van der Waals surface area (Å²) >= 11 is 0. The molecule has 0 aromatic rings. The van der Waals surface area contributed by atoms with Crippen LogP contribution in [-0.2, 0) is 9.59 Å². The quantitative estimate of drug-likeness (QED) is 0.780. The van der Waals surface area contributed by atoms with Crippen molar-refractivity contribution in [2.75, 3.05) is 58.9 Å². The summed E-state index contributed by atoms with van der Waals surface area (Å²) in [6, 6.07) is 0. The first-order chi connectivity index (χ1) is 11.7. The van der Waals surface area contributed by atoms with Crippen LogP contribution in [0.15, 0.2) is 0 Å². The summed E-state index contributed by atoms with van der Waals surface area (Å²) in [7, 11) is 0. The van der Waals surface area contributed by atoms with E-state index in [0.29, 0.717) is 24.2 Å². The number of piperazine rings is 1. The van der Waals surface area contributed by atoms with Crippen LogP contribution < -0.4 is 5.32 Å². The molecule has 0 unspecified atom stereocenters. The normalized spacial score (nSPS) is 22.7. The Bertz CT molecular complexity index is 429. The Morgan fingerprint density at radius 1 is 0.840 bits per heavy atom. The zero-order valence-corrected chi connectivity index (χ0v) is 16.1. The van der Waals surface area contributed by atoms with Crippen LogP contribution in [0.2, 0.25) is 0 Å². The highest BCUT2D eigenvalue weighted by Gasteiger charge is 2.25. The third-order valence-corrected chi connectivity index (χ3v) is 5.74. The maximum Gasteiger partial charge on any atom is 0.223 e. The Morgan fingerprint density at radius 3 is 2.08 bits per heavy atom. The summed E-state index contributed by atoms with van der Waals surface area (Å²) in [6.45, 7) is 8.40. The molecular formula is C18H33ClN4O2. The van der Waals surface area contributed by atoms with Gasteiger partial charge in [-0.2, -0.15) is 0 Å². The predicted octanol–water partition coefficient (Wildman–Crippen LogP) is 0.955. The van der Waals surface area contributed by atoms with Crippen LogP contribution in [0.3, 0.4) is 0 Å². The molecule has 0 aromatic heterocycles. The highest BCUT2D eigenvalue weighted by Crippen LogP contribution is 2.22. The molecule has 3 aliphatic heterocycles. The Morgan fingerprint density at radius 2 is 1.44 bits per heavy atom. The van der Waals surface area contributed by atoms with Crippen LogP contribution in [0.25, 0.3) is 0 Å². The molecule has 6 nitrogen and oxygen atoms in total. The van der Waals surface area contributed by atoms with Crippen LogP contribution in [0.4, 0.5) is 0 Å². The number of nitrogens with one attached hydrogen (secondary N) is 1. The number of piperidine rings is 1. The minimum atomic E-state index is 0. The van der Waals surface area contributed by atoms with Gasteiger partial charge in [0.15, 0.2) is 0 Å². The van der Waals surface area contributed by atoms with Gasteiger partial charge in [-0.05, 0) is 44.7 Å². The van der Waals surface area contributed by atoms with Gasteiger partial charge in [0.1, 0.15) is 0 Å². The lowest BCUT2D eigenvalue weighted by atomic mass is 9.93. The first-order valence-corrected chi connectivity index (χ1v) is 9.71. The maximum atomic E-state index is 12.2. The fraction of sp³-hybridized carbons (Fsp3) is 0.889. The van der Waals surface area contributed by atoms with E-state index in [1.165, 1.54) is 12.8 Å². The molecule has 3 rings (SSSR count). The van der Waals surface area contributed by atoms with E-state index in [2.05, 4.69) is 10.2 Å². The maximum absolute atomic E-state index is 12.2. The molecule has 0 spiro atoms. The Labute approximate surface area is 157 Å². The molecule has 25 heavy (non-hydrogen) atoms. The van der Waals surface area contributed by atoms with Crippen molar-refractivity contribution >= 4 is 24.2 Å². The van der Waals surface area contributed by atoms with E-state index in [9.17, 15) is 9.59 Å². The molecule has 3 fully saturated rings. The summed E-state index contributed by atoms with van der Waals surface area (Å²) in [5.41, 5.74) is 0. The fourth-order valence-electron chi connectivity index (χ4n) is 4.08. The monoisotopic (exact) mass is 372 g/mol. The van der Waals surface area contributed by atoms with Crippen molar-refractivity contribution in [2.24, 2.45) is 5.92 Å². The molecule has 3 aliphatic rings. The lowest BCUT2D eigenvalue weighted by molar-refractivity contribution is -0.132. The van der Waals surface area contributed by atoms with Gasteiger partial charge < -0.3 is 20.0 Å². The highest BCUT2D eigenvalue weighted by molar-refractivity contribution is 5.85. The fourth-order valence-corrected chi connectivity index (χ4v) is 4.08. The number of amides is 2. The van der Waals surface area contributed by atoms with Crippen LogP contribution in [0.5, 0.6) is 0 Å². The number of rotatable bonds is 5. The summed E-state index contributed by atoms with van der Waals surface area (Å²) in [6.07, 6.45) is 5.91. The second-order valence-corrected chi connectivity index (χ2v) is 7.46. The molecule has 7 heteroatoms. The van der Waals surface area contributed by atoms with Crippen LogP contribution >= 0.6 is 12.4 Å². The molecule has 0 atom stereocenters. The number of carbonyl (C=O) groups excluding carboxylic acids is 2. The average Bonchev–Trinajstić information content (AvgIpc) is 3.16. The first-order valence-electron chi connectivity index (χ1n) is 9.71. The summed E-state index contributed by atoms with van der Waals surface area (Å²) in [5, 5.41) is 3.28. The lowest BCUT2D eigenvalue weighted by Crippen LogP contribution is -2.47. The SMILES string of the molecule is Cl.O=C(CCN1CCC(CC(=O)N2CCCC2)CC1)N1CCNCC1. The topological polar surface area (TPSA) is 55.9 Å². The van der Waals surface area contributed by atoms with Crippen LogP contribution in [-0.4, -0.2) is 85.4 Å². The molecule has 0 aromatic carbocycles. The Balaban J connectivity index is 0.00000225. The molecule has 0 aliphatic carbocycles. The minimum absolute atomic E-state index is 0. The second-order valence-electron chi connectivity index (χ2n) is 7.46. The van der Waals surface area contributed by atoms with E-state index in [-0.39, 0.29) is 12.4 Å². The minimum Gasteiger partial charge on any atom is -0.343 e. The molecule has 0 saturated carbocycles. The number of likely N-dealkylation sites (tertiary alicyclic amines) is 2. The van der Waals surface area contributed by atoms with Gasteiger partial charge >= 0.3 is 0 Å². The average molecular weight is 373 g/mol. The van der Waals surface area contributed by atoms with Gasteiger partial charge in [0.2, 0.25) is 11.8 Å². The van der Waals surface area contributed by atoms with Crippen molar-refractivity contribution in [1.82, 2.24) is 20.0 Å². The summed E-state index contributed by atoms with van der Waals surface area (Å²) in [5.74, 6) is 1.20. The zero-order valence-electron chi connectivity index (χ0n) is 15.3. The third-order valence-electron chi connectivity index (χ3n) is 5.74. The molecule has 0 bridgehead atoms. The van der Waals surface area contributed by atoms with Crippen molar-refractivity contribution in [3.05, 3.63) is 0 Å². The molecule has 0 radical (unpaired) electrons. The van der Waals surface area contributed by atoms with Gasteiger partial charge in [-0.3, -0.25) is 9.59 Å². The number of hydrogen-bond donors (Lipinski definition) is 1. The number of nitrogens with zero attached hydrogens (tertiary/aromatic N) is 3. The number of halogens is 1. The van der Waals surface area contributed by atoms with Crippen LogP contribution in [0, 0.1) is 5.92 Å². The Hall–Kier alpha value is -0.850. The second kappa shape index (κ2) is 10.3. The van der Waals surface area contributed by atoms with Crippen molar-refractivity contribution < 1.29 is 9.59 Å². The van der Waals surface area contributed by atoms with E-state index >= 15 is 0 Å². The zero-order chi connectivity index (χ0) is 16.8. The van der Waals surface area contributed by atoms with Crippen molar-refractivity contribution in [1.29, 1.82) is 0 Å². The smallest absolute Gasteiger partial charge is 0.223 e. The van der Waals surface area contributed by atoms with Crippen molar-refractivity contribution in [2.45, 2.75) is 38.5 Å². The summed E-state index contributed by atoms with van der Waals surface area (Å²) < 4.78 is 0. The molecule has 3 heterocycles. The van der Waals surface area contributed by atoms with Crippen molar-refractivity contribution in [3.8, 4) is 0 Å². The summed E-state index contributed by atoms with van der Waals surface area (Å²) in [4.78, 5) is 30.9. The number of hydrogen-bond acceptors (Lipinski definition) is 4. The first kappa shape index (κ1) is 20.5. The largest absolute Gasteiger partial charge is 0.343 e. The van der Waals surface area contributed by atoms with Gasteiger partial charge in [-0.25, -0.2) is 0 Å².